The molecule has 3 N–H and O–H groups in total. The Morgan fingerprint density at radius 3 is 2.61 bits per heavy atom. The Labute approximate surface area is 109 Å². The summed E-state index contributed by atoms with van der Waals surface area (Å²) in [5.74, 6) is 0. The molecule has 3 nitrogen and oxygen atoms in total. The number of benzene rings is 1. The van der Waals surface area contributed by atoms with Crippen molar-refractivity contribution >= 4 is 5.69 Å². The maximum Gasteiger partial charge on any atom is 0.0574 e. The number of aryl methyl sites for hydroxylation is 2. The van der Waals surface area contributed by atoms with Crippen molar-refractivity contribution in [2.24, 2.45) is 11.1 Å². The topological polar surface area (TPSA) is 47.3 Å². The third-order valence-corrected chi connectivity index (χ3v) is 4.27. The number of ether oxygens (including phenoxy) is 1. The van der Waals surface area contributed by atoms with Gasteiger partial charge in [0, 0.05) is 24.2 Å². The molecule has 3 heteroatoms. The second kappa shape index (κ2) is 4.90. The smallest absolute Gasteiger partial charge is 0.0574 e. The highest BCUT2D eigenvalue weighted by Gasteiger charge is 2.36. The summed E-state index contributed by atoms with van der Waals surface area (Å²) < 4.78 is 5.29. The Kier molecular flexibility index (Phi) is 3.27. The minimum absolute atomic E-state index is 0.163. The first-order valence-corrected chi connectivity index (χ1v) is 6.95. The molecule has 1 saturated heterocycles. The molecule has 0 spiro atoms. The van der Waals surface area contributed by atoms with Gasteiger partial charge in [0.15, 0.2) is 0 Å². The molecular weight excluding hydrogens is 224 g/mol. The molecule has 18 heavy (non-hydrogen) atoms. The van der Waals surface area contributed by atoms with Crippen molar-refractivity contribution in [3.63, 3.8) is 0 Å². The number of hydrogen-bond acceptors (Lipinski definition) is 3. The molecule has 0 atom stereocenters. The average molecular weight is 246 g/mol. The van der Waals surface area contributed by atoms with Gasteiger partial charge in [-0.25, -0.2) is 0 Å². The van der Waals surface area contributed by atoms with Crippen molar-refractivity contribution in [3.8, 4) is 0 Å². The van der Waals surface area contributed by atoms with Crippen LogP contribution in [0.5, 0.6) is 0 Å². The van der Waals surface area contributed by atoms with Gasteiger partial charge in [0.25, 0.3) is 0 Å². The van der Waals surface area contributed by atoms with E-state index in [2.05, 4.69) is 23.5 Å². The number of nitrogens with two attached hydrogens (primary N) is 1. The monoisotopic (exact) mass is 246 g/mol. The molecule has 1 fully saturated rings. The molecule has 0 unspecified atom stereocenters. The number of hydrogen-bond donors (Lipinski definition) is 2. The van der Waals surface area contributed by atoms with E-state index in [9.17, 15) is 0 Å². The van der Waals surface area contributed by atoms with Crippen LogP contribution >= 0.6 is 0 Å². The summed E-state index contributed by atoms with van der Waals surface area (Å²) in [6.07, 6.45) is 5.15. The van der Waals surface area contributed by atoms with Gasteiger partial charge in [-0.15, -0.1) is 0 Å². The predicted octanol–water partition coefficient (Wildman–Crippen LogP) is 1.95. The summed E-state index contributed by atoms with van der Waals surface area (Å²) in [6.45, 7) is 3.20. The maximum absolute atomic E-state index is 5.82. The molecule has 0 saturated carbocycles. The minimum atomic E-state index is 0.163. The number of rotatable bonds is 4. The Balaban J connectivity index is 1.66. The average Bonchev–Trinajstić information content (AvgIpc) is 2.38. The molecule has 1 heterocycles. The van der Waals surface area contributed by atoms with Gasteiger partial charge in [0.1, 0.15) is 0 Å². The van der Waals surface area contributed by atoms with E-state index in [1.807, 2.05) is 0 Å². The zero-order valence-corrected chi connectivity index (χ0v) is 10.9. The lowest BCUT2D eigenvalue weighted by atomic mass is 9.86. The van der Waals surface area contributed by atoms with Crippen LogP contribution < -0.4 is 11.1 Å². The summed E-state index contributed by atoms with van der Waals surface area (Å²) in [5.41, 5.74) is 10.3. The second-order valence-corrected chi connectivity index (χ2v) is 5.74. The fraction of sp³-hybridized carbons (Fsp3) is 0.600. The van der Waals surface area contributed by atoms with Crippen LogP contribution in [0.2, 0.25) is 0 Å². The predicted molar refractivity (Wildman–Crippen MR) is 73.9 cm³/mol. The standard InChI is InChI=1S/C15H22N2O/c16-8-15(10-18-11-15)9-17-14-6-5-12-3-1-2-4-13(12)7-14/h5-7,17H,1-4,8-11,16H2. The highest BCUT2D eigenvalue weighted by Crippen LogP contribution is 2.28. The molecule has 0 radical (unpaired) electrons. The normalized spacial score (nSPS) is 20.9. The highest BCUT2D eigenvalue weighted by atomic mass is 16.5. The number of nitrogens with one attached hydrogen (secondary N) is 1. The van der Waals surface area contributed by atoms with Gasteiger partial charge in [-0.2, -0.15) is 0 Å². The summed E-state index contributed by atoms with van der Waals surface area (Å²) >= 11 is 0. The van der Waals surface area contributed by atoms with Crippen molar-refractivity contribution in [2.45, 2.75) is 25.7 Å². The SMILES string of the molecule is NCC1(CNc2ccc3c(c2)CCCC3)COC1. The van der Waals surface area contributed by atoms with E-state index in [4.69, 9.17) is 10.5 Å². The van der Waals surface area contributed by atoms with Crippen molar-refractivity contribution in [3.05, 3.63) is 29.3 Å². The van der Waals surface area contributed by atoms with Crippen LogP contribution in [0.4, 0.5) is 5.69 Å². The van der Waals surface area contributed by atoms with Gasteiger partial charge in [-0.05, 0) is 48.9 Å². The summed E-state index contributed by atoms with van der Waals surface area (Å²) in [7, 11) is 0. The molecular formula is C15H22N2O. The molecule has 0 aromatic heterocycles. The minimum Gasteiger partial charge on any atom is -0.384 e. The Morgan fingerprint density at radius 2 is 1.94 bits per heavy atom. The van der Waals surface area contributed by atoms with Crippen molar-refractivity contribution in [1.82, 2.24) is 0 Å². The van der Waals surface area contributed by atoms with Crippen LogP contribution in [-0.2, 0) is 17.6 Å². The zero-order valence-electron chi connectivity index (χ0n) is 10.9. The van der Waals surface area contributed by atoms with Crippen LogP contribution in [0.1, 0.15) is 24.0 Å². The van der Waals surface area contributed by atoms with Gasteiger partial charge >= 0.3 is 0 Å². The fourth-order valence-corrected chi connectivity index (χ4v) is 2.82. The van der Waals surface area contributed by atoms with E-state index in [0.717, 1.165) is 19.8 Å². The second-order valence-electron chi connectivity index (χ2n) is 5.74. The largest absolute Gasteiger partial charge is 0.384 e. The number of fused-ring (bicyclic) bond motifs is 1. The van der Waals surface area contributed by atoms with Gasteiger partial charge in [0.2, 0.25) is 0 Å². The third-order valence-electron chi connectivity index (χ3n) is 4.27. The molecule has 0 amide bonds. The lowest BCUT2D eigenvalue weighted by Crippen LogP contribution is -2.52. The molecule has 1 aromatic rings. The maximum atomic E-state index is 5.82. The Morgan fingerprint density at radius 1 is 1.17 bits per heavy atom. The molecule has 1 aliphatic carbocycles. The van der Waals surface area contributed by atoms with Crippen molar-refractivity contribution < 1.29 is 4.74 Å². The van der Waals surface area contributed by atoms with E-state index in [1.54, 1.807) is 0 Å². The fourth-order valence-electron chi connectivity index (χ4n) is 2.82. The molecule has 0 bridgehead atoms. The molecule has 1 aliphatic heterocycles. The molecule has 1 aromatic carbocycles. The molecule has 3 rings (SSSR count). The first-order chi connectivity index (χ1) is 8.81. The van der Waals surface area contributed by atoms with Crippen LogP contribution in [0.15, 0.2) is 18.2 Å². The first-order valence-electron chi connectivity index (χ1n) is 6.95. The zero-order chi connectivity index (χ0) is 12.4. The van der Waals surface area contributed by atoms with E-state index in [-0.39, 0.29) is 5.41 Å². The molecule has 98 valence electrons. The summed E-state index contributed by atoms with van der Waals surface area (Å²) in [5, 5.41) is 3.53. The van der Waals surface area contributed by atoms with Crippen LogP contribution in [0, 0.1) is 5.41 Å². The lowest BCUT2D eigenvalue weighted by Gasteiger charge is -2.40. The van der Waals surface area contributed by atoms with E-state index in [0.29, 0.717) is 6.54 Å². The molecule has 2 aliphatic rings. The van der Waals surface area contributed by atoms with Crippen LogP contribution in [-0.4, -0.2) is 26.3 Å². The summed E-state index contributed by atoms with van der Waals surface area (Å²) in [4.78, 5) is 0. The highest BCUT2D eigenvalue weighted by molar-refractivity contribution is 5.49. The van der Waals surface area contributed by atoms with E-state index >= 15 is 0 Å². The van der Waals surface area contributed by atoms with Gasteiger partial charge in [-0.3, -0.25) is 0 Å². The van der Waals surface area contributed by atoms with Crippen LogP contribution in [0.3, 0.4) is 0 Å². The van der Waals surface area contributed by atoms with E-state index < -0.39 is 0 Å². The van der Waals surface area contributed by atoms with Gasteiger partial charge in [-0.1, -0.05) is 6.07 Å². The lowest BCUT2D eigenvalue weighted by molar-refractivity contribution is -0.0979. The first kappa shape index (κ1) is 12.0. The van der Waals surface area contributed by atoms with Crippen molar-refractivity contribution in [1.29, 1.82) is 0 Å². The van der Waals surface area contributed by atoms with Gasteiger partial charge in [0.05, 0.1) is 13.2 Å². The Bertz CT molecular complexity index is 421. The van der Waals surface area contributed by atoms with Crippen molar-refractivity contribution in [2.75, 3.05) is 31.6 Å². The quantitative estimate of drug-likeness (QED) is 0.853. The third kappa shape index (κ3) is 2.25. The van der Waals surface area contributed by atoms with Gasteiger partial charge < -0.3 is 15.8 Å². The van der Waals surface area contributed by atoms with Crippen LogP contribution in [0.25, 0.3) is 0 Å². The van der Waals surface area contributed by atoms with E-state index in [1.165, 1.54) is 42.5 Å². The summed E-state index contributed by atoms with van der Waals surface area (Å²) in [6, 6.07) is 6.80. The Hall–Kier alpha value is -1.06. The number of anilines is 1.